The first kappa shape index (κ1) is 17.5. The molecule has 0 aliphatic rings. The molecule has 3 aromatic rings. The monoisotopic (exact) mass is 379 g/mol. The molecule has 0 fully saturated rings. The maximum atomic E-state index is 12.2. The first-order valence-corrected chi connectivity index (χ1v) is 7.71. The number of aromatic nitrogens is 4. The van der Waals surface area contributed by atoms with E-state index in [-0.39, 0.29) is 17.1 Å². The van der Waals surface area contributed by atoms with Crippen LogP contribution >= 0.6 is 11.6 Å². The Labute approximate surface area is 150 Å². The number of aryl methyl sites for hydroxylation is 1. The van der Waals surface area contributed by atoms with Gasteiger partial charge in [-0.15, -0.1) is 0 Å². The summed E-state index contributed by atoms with van der Waals surface area (Å²) in [4.78, 5) is 41.6. The van der Waals surface area contributed by atoms with Gasteiger partial charge in [0.1, 0.15) is 12.3 Å². The average Bonchev–Trinajstić information content (AvgIpc) is 2.91. The summed E-state index contributed by atoms with van der Waals surface area (Å²) in [5, 5.41) is 12.5. The van der Waals surface area contributed by atoms with Gasteiger partial charge in [0.25, 0.3) is 5.56 Å². The van der Waals surface area contributed by atoms with Gasteiger partial charge in [0.15, 0.2) is 11.2 Å². The highest BCUT2D eigenvalue weighted by Gasteiger charge is 2.20. The number of halogens is 1. The van der Waals surface area contributed by atoms with E-state index in [9.17, 15) is 19.5 Å². The van der Waals surface area contributed by atoms with Gasteiger partial charge in [0, 0.05) is 12.1 Å². The lowest BCUT2D eigenvalue weighted by Gasteiger charge is -2.12. The lowest BCUT2D eigenvalue weighted by molar-refractivity contribution is -0.137. The molecule has 0 amide bonds. The predicted octanol–water partition coefficient (Wildman–Crippen LogP) is 0.913. The zero-order chi connectivity index (χ0) is 19.0. The molecular formula is C15H14ClN5O5. The molecule has 2 heterocycles. The van der Waals surface area contributed by atoms with Crippen LogP contribution in [-0.4, -0.2) is 37.3 Å². The summed E-state index contributed by atoms with van der Waals surface area (Å²) in [5.41, 5.74) is -0.970. The molecule has 0 aliphatic carbocycles. The number of aromatic amines is 1. The standard InChI is InChI=1S/C15H14ClN5O5/c1-20-12-11(13(24)19-15(20)25)21(6-10(22)23)14(18-12)17-8-5-7(16)3-4-9(8)26-2/h3-5H,6H2,1-2H3,(H,17,18)(H,22,23)(H,19,24,25). The Balaban J connectivity index is 2.26. The number of benzene rings is 1. The second-order valence-corrected chi connectivity index (χ2v) is 5.81. The fraction of sp³-hybridized carbons (Fsp3) is 0.200. The molecule has 0 aliphatic heterocycles. The van der Waals surface area contributed by atoms with Crippen LogP contribution in [0.5, 0.6) is 5.75 Å². The van der Waals surface area contributed by atoms with Crippen LogP contribution < -0.4 is 21.3 Å². The molecule has 0 bridgehead atoms. The Bertz CT molecular complexity index is 1130. The molecule has 0 unspecified atom stereocenters. The maximum Gasteiger partial charge on any atom is 0.329 e. The summed E-state index contributed by atoms with van der Waals surface area (Å²) in [6.45, 7) is -0.539. The number of carbonyl (C=O) groups is 1. The molecule has 1 aromatic carbocycles. The second kappa shape index (κ2) is 6.56. The van der Waals surface area contributed by atoms with E-state index < -0.39 is 23.8 Å². The number of anilines is 2. The Kier molecular flexibility index (Phi) is 4.43. The van der Waals surface area contributed by atoms with E-state index in [1.807, 2.05) is 0 Å². The van der Waals surface area contributed by atoms with Crippen LogP contribution in [0.2, 0.25) is 5.02 Å². The molecule has 11 heteroatoms. The molecular weight excluding hydrogens is 366 g/mol. The molecule has 2 aromatic heterocycles. The Morgan fingerprint density at radius 2 is 2.15 bits per heavy atom. The predicted molar refractivity (Wildman–Crippen MR) is 94.5 cm³/mol. The fourth-order valence-electron chi connectivity index (χ4n) is 2.52. The summed E-state index contributed by atoms with van der Waals surface area (Å²) in [6, 6.07) is 4.81. The molecule has 0 saturated heterocycles. The number of nitrogens with zero attached hydrogens (tertiary/aromatic N) is 3. The second-order valence-electron chi connectivity index (χ2n) is 5.38. The van der Waals surface area contributed by atoms with Crippen molar-refractivity contribution >= 4 is 40.4 Å². The SMILES string of the molecule is COc1ccc(Cl)cc1Nc1nc2c(c(=O)[nH]c(=O)n2C)n1CC(=O)O. The minimum Gasteiger partial charge on any atom is -0.495 e. The lowest BCUT2D eigenvalue weighted by Crippen LogP contribution is -2.29. The number of hydrogen-bond donors (Lipinski definition) is 3. The Hall–Kier alpha value is -3.27. The van der Waals surface area contributed by atoms with Crippen LogP contribution in [0.25, 0.3) is 11.2 Å². The smallest absolute Gasteiger partial charge is 0.329 e. The third-order valence-electron chi connectivity index (χ3n) is 3.71. The van der Waals surface area contributed by atoms with E-state index in [1.165, 1.54) is 14.2 Å². The van der Waals surface area contributed by atoms with Gasteiger partial charge in [0.2, 0.25) is 5.95 Å². The number of H-pyrrole nitrogens is 1. The minimum atomic E-state index is -1.18. The summed E-state index contributed by atoms with van der Waals surface area (Å²) >= 11 is 6.00. The summed E-state index contributed by atoms with van der Waals surface area (Å²) in [7, 11) is 2.88. The Morgan fingerprint density at radius 3 is 2.81 bits per heavy atom. The Morgan fingerprint density at radius 1 is 1.42 bits per heavy atom. The molecule has 3 rings (SSSR count). The van der Waals surface area contributed by atoms with Gasteiger partial charge < -0.3 is 15.2 Å². The third kappa shape index (κ3) is 3.02. The summed E-state index contributed by atoms with van der Waals surface area (Å²) < 4.78 is 7.52. The van der Waals surface area contributed by atoms with E-state index in [0.29, 0.717) is 16.5 Å². The summed E-state index contributed by atoms with van der Waals surface area (Å²) in [6.07, 6.45) is 0. The number of imidazole rings is 1. The zero-order valence-electron chi connectivity index (χ0n) is 13.7. The van der Waals surface area contributed by atoms with Crippen LogP contribution in [0.3, 0.4) is 0 Å². The molecule has 0 spiro atoms. The van der Waals surface area contributed by atoms with Gasteiger partial charge >= 0.3 is 11.7 Å². The number of carboxylic acid groups (broad SMARTS) is 1. The number of fused-ring (bicyclic) bond motifs is 1. The molecule has 0 atom stereocenters. The molecule has 26 heavy (non-hydrogen) atoms. The maximum absolute atomic E-state index is 12.2. The zero-order valence-corrected chi connectivity index (χ0v) is 14.5. The van der Waals surface area contributed by atoms with Gasteiger partial charge in [-0.1, -0.05) is 11.6 Å². The van der Waals surface area contributed by atoms with Crippen molar-refractivity contribution in [3.05, 3.63) is 44.1 Å². The van der Waals surface area contributed by atoms with Crippen molar-refractivity contribution in [3.8, 4) is 5.75 Å². The fourth-order valence-corrected chi connectivity index (χ4v) is 2.69. The first-order valence-electron chi connectivity index (χ1n) is 7.33. The normalized spacial score (nSPS) is 10.9. The lowest BCUT2D eigenvalue weighted by atomic mass is 10.3. The van der Waals surface area contributed by atoms with E-state index in [0.717, 1.165) is 9.13 Å². The number of carboxylic acids is 1. The van der Waals surface area contributed by atoms with Crippen molar-refractivity contribution in [1.82, 2.24) is 19.1 Å². The van der Waals surface area contributed by atoms with Gasteiger partial charge in [-0.3, -0.25) is 23.7 Å². The van der Waals surface area contributed by atoms with Gasteiger partial charge in [-0.2, -0.15) is 4.98 Å². The van der Waals surface area contributed by atoms with E-state index in [1.54, 1.807) is 18.2 Å². The van der Waals surface area contributed by atoms with Gasteiger partial charge in [0.05, 0.1) is 12.8 Å². The van der Waals surface area contributed by atoms with Crippen molar-refractivity contribution in [2.24, 2.45) is 7.05 Å². The van der Waals surface area contributed by atoms with E-state index in [4.69, 9.17) is 16.3 Å². The van der Waals surface area contributed by atoms with Crippen molar-refractivity contribution < 1.29 is 14.6 Å². The van der Waals surface area contributed by atoms with Crippen LogP contribution in [-0.2, 0) is 18.4 Å². The van der Waals surface area contributed by atoms with Crippen LogP contribution in [0, 0.1) is 0 Å². The molecule has 10 nitrogen and oxygen atoms in total. The molecule has 0 saturated carbocycles. The number of rotatable bonds is 5. The highest BCUT2D eigenvalue weighted by atomic mass is 35.5. The van der Waals surface area contributed by atoms with Crippen LogP contribution in [0.15, 0.2) is 27.8 Å². The van der Waals surface area contributed by atoms with E-state index >= 15 is 0 Å². The van der Waals surface area contributed by atoms with E-state index in [2.05, 4.69) is 15.3 Å². The van der Waals surface area contributed by atoms with Gasteiger partial charge in [-0.05, 0) is 18.2 Å². The van der Waals surface area contributed by atoms with Crippen molar-refractivity contribution in [3.63, 3.8) is 0 Å². The molecule has 136 valence electrons. The molecule has 0 radical (unpaired) electrons. The summed E-state index contributed by atoms with van der Waals surface area (Å²) in [5.74, 6) is -0.695. The quantitative estimate of drug-likeness (QED) is 0.600. The number of hydrogen-bond acceptors (Lipinski definition) is 6. The molecule has 3 N–H and O–H groups in total. The van der Waals surface area contributed by atoms with Crippen LogP contribution in [0.4, 0.5) is 11.6 Å². The number of nitrogens with one attached hydrogen (secondary N) is 2. The third-order valence-corrected chi connectivity index (χ3v) is 3.94. The average molecular weight is 380 g/mol. The number of methoxy groups -OCH3 is 1. The number of ether oxygens (including phenoxy) is 1. The van der Waals surface area contributed by atoms with Crippen LogP contribution in [0.1, 0.15) is 0 Å². The number of aliphatic carboxylic acids is 1. The topological polar surface area (TPSA) is 131 Å². The van der Waals surface area contributed by atoms with Crippen molar-refractivity contribution in [2.75, 3.05) is 12.4 Å². The van der Waals surface area contributed by atoms with Crippen molar-refractivity contribution in [1.29, 1.82) is 0 Å². The largest absolute Gasteiger partial charge is 0.495 e. The highest BCUT2D eigenvalue weighted by Crippen LogP contribution is 2.31. The van der Waals surface area contributed by atoms with Crippen molar-refractivity contribution in [2.45, 2.75) is 6.54 Å². The highest BCUT2D eigenvalue weighted by molar-refractivity contribution is 6.31. The first-order chi connectivity index (χ1) is 12.3. The van der Waals surface area contributed by atoms with Gasteiger partial charge in [-0.25, -0.2) is 4.79 Å². The minimum absolute atomic E-state index is 0.0435.